The molecule has 5 rings (SSSR count). The fourth-order valence-electron chi connectivity index (χ4n) is 5.73. The maximum atomic E-state index is 13.1. The molecule has 0 aromatic heterocycles. The van der Waals surface area contributed by atoms with Gasteiger partial charge in [-0.1, -0.05) is 12.1 Å². The maximum Gasteiger partial charge on any atom is 0.323 e. The lowest BCUT2D eigenvalue weighted by atomic mass is 9.71. The zero-order valence-electron chi connectivity index (χ0n) is 17.7. The zero-order valence-corrected chi connectivity index (χ0v) is 17.7. The largest absolute Gasteiger partial charge is 0.480 e. The Morgan fingerprint density at radius 1 is 0.839 bits per heavy atom. The zero-order chi connectivity index (χ0) is 21.5. The quantitative estimate of drug-likeness (QED) is 0.799. The van der Waals surface area contributed by atoms with E-state index in [1.165, 1.54) is 18.5 Å². The molecular weight excluding hydrogens is 392 g/mol. The number of nitrogens with zero attached hydrogens (tertiary/aromatic N) is 2. The van der Waals surface area contributed by atoms with Crippen LogP contribution in [0.3, 0.4) is 0 Å². The van der Waals surface area contributed by atoms with E-state index in [2.05, 4.69) is 29.2 Å². The Labute approximate surface area is 182 Å². The molecule has 0 spiro atoms. The summed E-state index contributed by atoms with van der Waals surface area (Å²) in [6, 6.07) is 8.32. The number of anilines is 1. The lowest BCUT2D eigenvalue weighted by molar-refractivity contribution is -0.138. The number of aliphatic carboxylic acids is 1. The number of carbonyl (C=O) groups excluding carboxylic acids is 2. The summed E-state index contributed by atoms with van der Waals surface area (Å²) in [5.41, 5.74) is 5.08. The third-order valence-electron chi connectivity index (χ3n) is 7.08. The van der Waals surface area contributed by atoms with Crippen LogP contribution < -0.4 is 4.90 Å². The number of benzene rings is 1. The highest BCUT2D eigenvalue weighted by Crippen LogP contribution is 2.49. The second kappa shape index (κ2) is 7.98. The first-order chi connectivity index (χ1) is 15.0. The summed E-state index contributed by atoms with van der Waals surface area (Å²) in [5, 5.41) is 9.53. The first kappa shape index (κ1) is 20.0. The average molecular weight is 421 g/mol. The van der Waals surface area contributed by atoms with Crippen LogP contribution in [0.25, 0.3) is 0 Å². The van der Waals surface area contributed by atoms with Crippen molar-refractivity contribution in [2.24, 2.45) is 0 Å². The van der Waals surface area contributed by atoms with E-state index < -0.39 is 5.97 Å². The van der Waals surface area contributed by atoms with Crippen LogP contribution >= 0.6 is 0 Å². The highest BCUT2D eigenvalue weighted by molar-refractivity contribution is 6.06. The van der Waals surface area contributed by atoms with E-state index in [-0.39, 0.29) is 24.0 Å². The van der Waals surface area contributed by atoms with Crippen LogP contribution in [-0.2, 0) is 14.4 Å². The molecule has 1 aromatic rings. The Bertz CT molecular complexity index is 955. The minimum atomic E-state index is -0.942. The molecule has 0 atom stereocenters. The van der Waals surface area contributed by atoms with Gasteiger partial charge in [-0.15, -0.1) is 0 Å². The Morgan fingerprint density at radius 2 is 1.39 bits per heavy atom. The first-order valence-electron chi connectivity index (χ1n) is 11.4. The molecule has 0 bridgehead atoms. The number of ketones is 2. The van der Waals surface area contributed by atoms with E-state index in [1.807, 2.05) is 0 Å². The fourth-order valence-corrected chi connectivity index (χ4v) is 5.73. The predicted octanol–water partition coefficient (Wildman–Crippen LogP) is 3.78. The first-order valence-corrected chi connectivity index (χ1v) is 11.4. The summed E-state index contributed by atoms with van der Waals surface area (Å²) in [4.78, 5) is 42.0. The molecule has 0 saturated carbocycles. The molecule has 1 N–H and O–H groups in total. The van der Waals surface area contributed by atoms with Crippen molar-refractivity contribution in [3.8, 4) is 0 Å². The SMILES string of the molecule is O=C(O)CN1C2=C(C(=O)CCC2)C(c2ccc(N3CCCC3)cc2)C2=C1CCCC2=O. The van der Waals surface area contributed by atoms with Gasteiger partial charge in [0.05, 0.1) is 0 Å². The van der Waals surface area contributed by atoms with E-state index in [1.54, 1.807) is 4.90 Å². The van der Waals surface area contributed by atoms with E-state index in [4.69, 9.17) is 0 Å². The lowest BCUT2D eigenvalue weighted by Crippen LogP contribution is -2.41. The lowest BCUT2D eigenvalue weighted by Gasteiger charge is -2.43. The van der Waals surface area contributed by atoms with Gasteiger partial charge in [0.25, 0.3) is 0 Å². The standard InChI is InChI=1S/C25H28N2O4/c28-20-7-3-5-18-24(20)23(16-9-11-17(12-10-16)26-13-1-2-14-26)25-19(6-4-8-21(25)29)27(18)15-22(30)31/h9-12,23H,1-8,13-15H2,(H,30,31). The van der Waals surface area contributed by atoms with Crippen molar-refractivity contribution >= 4 is 23.2 Å². The molecular formula is C25H28N2O4. The topological polar surface area (TPSA) is 77.9 Å². The number of rotatable bonds is 4. The fraction of sp³-hybridized carbons (Fsp3) is 0.480. The third-order valence-corrected chi connectivity index (χ3v) is 7.08. The van der Waals surface area contributed by atoms with Crippen molar-refractivity contribution in [1.82, 2.24) is 4.90 Å². The second-order valence-corrected chi connectivity index (χ2v) is 8.97. The number of carboxylic acids is 1. The minimum absolute atomic E-state index is 0.0511. The molecule has 4 aliphatic rings. The van der Waals surface area contributed by atoms with Gasteiger partial charge in [0.1, 0.15) is 6.54 Å². The van der Waals surface area contributed by atoms with Gasteiger partial charge < -0.3 is 14.9 Å². The summed E-state index contributed by atoms with van der Waals surface area (Å²) >= 11 is 0. The van der Waals surface area contributed by atoms with Gasteiger partial charge in [0.15, 0.2) is 11.6 Å². The molecule has 2 aliphatic heterocycles. The molecule has 1 fully saturated rings. The van der Waals surface area contributed by atoms with Gasteiger partial charge in [-0.25, -0.2) is 0 Å². The van der Waals surface area contributed by atoms with Gasteiger partial charge in [0.2, 0.25) is 0 Å². The molecule has 0 amide bonds. The maximum absolute atomic E-state index is 13.1. The average Bonchev–Trinajstić information content (AvgIpc) is 3.29. The molecule has 2 aliphatic carbocycles. The van der Waals surface area contributed by atoms with Crippen LogP contribution in [-0.4, -0.2) is 47.2 Å². The molecule has 1 aromatic carbocycles. The normalized spacial score (nSPS) is 22.2. The number of Topliss-reactive ketones (excluding diaryl/α,β-unsaturated/α-hetero) is 2. The summed E-state index contributed by atoms with van der Waals surface area (Å²) in [6.45, 7) is 1.93. The van der Waals surface area contributed by atoms with E-state index in [9.17, 15) is 19.5 Å². The van der Waals surface area contributed by atoms with Crippen molar-refractivity contribution in [2.75, 3.05) is 24.5 Å². The monoisotopic (exact) mass is 420 g/mol. The van der Waals surface area contributed by atoms with Crippen LogP contribution in [0.2, 0.25) is 0 Å². The number of carboxylic acid groups (broad SMARTS) is 1. The van der Waals surface area contributed by atoms with Gasteiger partial charge in [-0.2, -0.15) is 0 Å². The van der Waals surface area contributed by atoms with E-state index in [0.717, 1.165) is 42.9 Å². The van der Waals surface area contributed by atoms with E-state index >= 15 is 0 Å². The van der Waals surface area contributed by atoms with Crippen LogP contribution in [0, 0.1) is 0 Å². The van der Waals surface area contributed by atoms with Gasteiger partial charge in [-0.05, 0) is 56.2 Å². The van der Waals surface area contributed by atoms with Crippen molar-refractivity contribution in [3.63, 3.8) is 0 Å². The molecule has 6 nitrogen and oxygen atoms in total. The predicted molar refractivity (Wildman–Crippen MR) is 117 cm³/mol. The minimum Gasteiger partial charge on any atom is -0.480 e. The Morgan fingerprint density at radius 3 is 1.90 bits per heavy atom. The van der Waals surface area contributed by atoms with Crippen LogP contribution in [0.1, 0.15) is 62.8 Å². The van der Waals surface area contributed by atoms with Gasteiger partial charge >= 0.3 is 5.97 Å². The van der Waals surface area contributed by atoms with Crippen molar-refractivity contribution in [2.45, 2.75) is 57.3 Å². The Balaban J connectivity index is 1.63. The number of carbonyl (C=O) groups is 3. The van der Waals surface area contributed by atoms with Crippen molar-refractivity contribution < 1.29 is 19.5 Å². The van der Waals surface area contributed by atoms with Crippen LogP contribution in [0.5, 0.6) is 0 Å². The molecule has 0 unspecified atom stereocenters. The smallest absolute Gasteiger partial charge is 0.323 e. The van der Waals surface area contributed by atoms with Crippen LogP contribution in [0.15, 0.2) is 46.8 Å². The number of hydrogen-bond acceptors (Lipinski definition) is 5. The molecule has 31 heavy (non-hydrogen) atoms. The van der Waals surface area contributed by atoms with Crippen molar-refractivity contribution in [1.29, 1.82) is 0 Å². The van der Waals surface area contributed by atoms with Gasteiger partial charge in [0, 0.05) is 60.1 Å². The highest BCUT2D eigenvalue weighted by Gasteiger charge is 2.43. The summed E-state index contributed by atoms with van der Waals surface area (Å²) in [7, 11) is 0. The highest BCUT2D eigenvalue weighted by atomic mass is 16.4. The molecule has 6 heteroatoms. The van der Waals surface area contributed by atoms with Gasteiger partial charge in [-0.3, -0.25) is 14.4 Å². The Hall–Kier alpha value is -2.89. The van der Waals surface area contributed by atoms with E-state index in [0.29, 0.717) is 36.8 Å². The summed E-state index contributed by atoms with van der Waals surface area (Å²) in [6.07, 6.45) is 6.15. The molecule has 1 saturated heterocycles. The molecule has 162 valence electrons. The van der Waals surface area contributed by atoms with Crippen LogP contribution in [0.4, 0.5) is 5.69 Å². The van der Waals surface area contributed by atoms with Crippen molar-refractivity contribution in [3.05, 3.63) is 52.4 Å². The second-order valence-electron chi connectivity index (χ2n) is 8.97. The summed E-state index contributed by atoms with van der Waals surface area (Å²) in [5.74, 6) is -1.21. The number of allylic oxidation sites excluding steroid dienone is 4. The molecule has 2 heterocycles. The number of hydrogen-bond donors (Lipinski definition) is 1. The molecule has 0 radical (unpaired) electrons. The summed E-state index contributed by atoms with van der Waals surface area (Å²) < 4.78 is 0. The third kappa shape index (κ3) is 3.48. The Kier molecular flexibility index (Phi) is 5.16.